The first kappa shape index (κ1) is 22.7. The molecule has 1 aromatic rings. The highest BCUT2D eigenvalue weighted by molar-refractivity contribution is 5.80. The molecule has 2 amide bonds. The lowest BCUT2D eigenvalue weighted by molar-refractivity contribution is -0.192. The molecule has 1 atom stereocenters. The van der Waals surface area contributed by atoms with E-state index in [1.54, 1.807) is 24.3 Å². The highest BCUT2D eigenvalue weighted by atomic mass is 19.4. The highest BCUT2D eigenvalue weighted by Gasteiger charge is 2.45. The zero-order valence-electron chi connectivity index (χ0n) is 16.2. The maximum atomic E-state index is 12.0. The number of alkyl halides is 3. The van der Waals surface area contributed by atoms with Crippen LogP contribution in [0.1, 0.15) is 18.9 Å². The Balaban J connectivity index is 0.000000370. The molecule has 29 heavy (non-hydrogen) atoms. The molecule has 0 bridgehead atoms. The van der Waals surface area contributed by atoms with Gasteiger partial charge in [0.25, 0.3) is 0 Å². The molecule has 2 fully saturated rings. The first-order chi connectivity index (χ1) is 13.4. The Bertz CT molecular complexity index is 738. The Morgan fingerprint density at radius 2 is 1.90 bits per heavy atom. The third-order valence-electron chi connectivity index (χ3n) is 4.97. The number of furan rings is 1. The summed E-state index contributed by atoms with van der Waals surface area (Å²) in [6.07, 6.45) is -1.13. The Morgan fingerprint density at radius 3 is 2.34 bits per heavy atom. The zero-order valence-corrected chi connectivity index (χ0v) is 16.2. The number of hydrogen-bond acceptors (Lipinski definition) is 5. The molecule has 162 valence electrons. The van der Waals surface area contributed by atoms with E-state index in [0.717, 1.165) is 31.7 Å². The minimum absolute atomic E-state index is 0.0894. The molecule has 11 heteroatoms. The van der Waals surface area contributed by atoms with Gasteiger partial charge in [0.2, 0.25) is 11.8 Å². The number of rotatable bonds is 2. The van der Waals surface area contributed by atoms with Crippen LogP contribution in [0.2, 0.25) is 0 Å². The molecule has 1 N–H and O–H groups in total. The average Bonchev–Trinajstić information content (AvgIpc) is 3.14. The number of carbonyl (C=O) groups is 3. The lowest BCUT2D eigenvalue weighted by atomic mass is 9.86. The number of amides is 2. The van der Waals surface area contributed by atoms with Gasteiger partial charge < -0.3 is 19.3 Å². The van der Waals surface area contributed by atoms with Crippen molar-refractivity contribution in [3.8, 4) is 0 Å². The third-order valence-corrected chi connectivity index (χ3v) is 4.97. The molecule has 3 heterocycles. The minimum Gasteiger partial charge on any atom is -0.475 e. The van der Waals surface area contributed by atoms with Crippen LogP contribution in [0.25, 0.3) is 0 Å². The third kappa shape index (κ3) is 6.21. The van der Waals surface area contributed by atoms with Gasteiger partial charge in [-0.1, -0.05) is 0 Å². The fourth-order valence-corrected chi connectivity index (χ4v) is 3.71. The number of aliphatic carboxylic acids is 1. The molecule has 0 radical (unpaired) electrons. The van der Waals surface area contributed by atoms with E-state index in [1.807, 2.05) is 18.0 Å². The van der Waals surface area contributed by atoms with Crippen molar-refractivity contribution in [2.45, 2.75) is 26.1 Å². The van der Waals surface area contributed by atoms with E-state index in [-0.39, 0.29) is 17.2 Å². The summed E-state index contributed by atoms with van der Waals surface area (Å²) in [7, 11) is 1.85. The summed E-state index contributed by atoms with van der Waals surface area (Å²) in [5.74, 6) is -2.49. The van der Waals surface area contributed by atoms with Crippen molar-refractivity contribution in [1.82, 2.24) is 14.7 Å². The van der Waals surface area contributed by atoms with E-state index in [0.29, 0.717) is 19.5 Å². The van der Waals surface area contributed by atoms with Crippen molar-refractivity contribution in [2.75, 3.05) is 39.8 Å². The van der Waals surface area contributed by atoms with Crippen molar-refractivity contribution in [3.05, 3.63) is 24.2 Å². The zero-order chi connectivity index (χ0) is 21.8. The predicted molar refractivity (Wildman–Crippen MR) is 94.6 cm³/mol. The number of carboxylic acid groups (broad SMARTS) is 1. The molecular formula is C18H24F3N3O5. The van der Waals surface area contributed by atoms with E-state index in [1.165, 1.54) is 0 Å². The topological polar surface area (TPSA) is 94.3 Å². The molecule has 1 unspecified atom stereocenters. The Kier molecular flexibility index (Phi) is 6.93. The molecule has 0 aliphatic carbocycles. The number of carboxylic acids is 1. The van der Waals surface area contributed by atoms with Crippen molar-refractivity contribution in [2.24, 2.45) is 5.41 Å². The summed E-state index contributed by atoms with van der Waals surface area (Å²) >= 11 is 0. The van der Waals surface area contributed by atoms with Gasteiger partial charge in [0.05, 0.1) is 12.5 Å². The van der Waals surface area contributed by atoms with Gasteiger partial charge in [0.15, 0.2) is 0 Å². The van der Waals surface area contributed by atoms with Gasteiger partial charge >= 0.3 is 12.1 Å². The van der Waals surface area contributed by atoms with Crippen LogP contribution in [0.4, 0.5) is 13.2 Å². The summed E-state index contributed by atoms with van der Waals surface area (Å²) in [6.45, 7) is 6.16. The van der Waals surface area contributed by atoms with Gasteiger partial charge in [-0.05, 0) is 6.07 Å². The predicted octanol–water partition coefficient (Wildman–Crippen LogP) is 1.43. The maximum absolute atomic E-state index is 12.0. The molecule has 2 aliphatic rings. The first-order valence-corrected chi connectivity index (χ1v) is 8.95. The first-order valence-electron chi connectivity index (χ1n) is 8.95. The Hall–Kier alpha value is -2.56. The second-order valence-electron chi connectivity index (χ2n) is 7.51. The molecule has 3 rings (SSSR count). The van der Waals surface area contributed by atoms with Gasteiger partial charge in [-0.3, -0.25) is 14.5 Å². The van der Waals surface area contributed by atoms with Gasteiger partial charge in [0, 0.05) is 70.6 Å². The SMILES string of the molecule is CC(=O)N1CCN(Cc2ccoc2)CC2(CC(=O)N(C)C2)C1.O=C(O)C(F)(F)F. The van der Waals surface area contributed by atoms with E-state index in [4.69, 9.17) is 14.3 Å². The van der Waals surface area contributed by atoms with Gasteiger partial charge in [0.1, 0.15) is 0 Å². The van der Waals surface area contributed by atoms with Gasteiger partial charge in [-0.15, -0.1) is 0 Å². The van der Waals surface area contributed by atoms with Crippen LogP contribution in [-0.2, 0) is 20.9 Å². The molecule has 1 aromatic heterocycles. The van der Waals surface area contributed by atoms with Crippen LogP contribution in [-0.4, -0.2) is 83.5 Å². The largest absolute Gasteiger partial charge is 0.490 e. The van der Waals surface area contributed by atoms with E-state index < -0.39 is 12.1 Å². The smallest absolute Gasteiger partial charge is 0.475 e. The summed E-state index contributed by atoms with van der Waals surface area (Å²) in [5, 5.41) is 7.12. The van der Waals surface area contributed by atoms with E-state index >= 15 is 0 Å². The van der Waals surface area contributed by atoms with Crippen LogP contribution < -0.4 is 0 Å². The van der Waals surface area contributed by atoms with Crippen molar-refractivity contribution < 1.29 is 37.1 Å². The Morgan fingerprint density at radius 1 is 1.24 bits per heavy atom. The standard InChI is InChI=1S/C16H23N3O3.C2HF3O2/c1-13(20)19-5-4-18(8-14-3-6-22-9-14)11-16(12-19)7-15(21)17(2)10-16;3-2(4,5)1(6)7/h3,6,9H,4-5,7-8,10-12H2,1-2H3;(H,6,7). The number of hydrogen-bond donors (Lipinski definition) is 1. The molecular weight excluding hydrogens is 395 g/mol. The second kappa shape index (κ2) is 8.85. The fraction of sp³-hybridized carbons (Fsp3) is 0.611. The lowest BCUT2D eigenvalue weighted by Crippen LogP contribution is -2.43. The molecule has 8 nitrogen and oxygen atoms in total. The fourth-order valence-electron chi connectivity index (χ4n) is 3.71. The number of likely N-dealkylation sites (tertiary alicyclic amines) is 1. The number of carbonyl (C=O) groups excluding carboxylic acids is 2. The van der Waals surface area contributed by atoms with E-state index in [9.17, 15) is 22.8 Å². The van der Waals surface area contributed by atoms with Crippen LogP contribution in [0, 0.1) is 5.41 Å². The second-order valence-corrected chi connectivity index (χ2v) is 7.51. The summed E-state index contributed by atoms with van der Waals surface area (Å²) in [6, 6.07) is 1.96. The summed E-state index contributed by atoms with van der Waals surface area (Å²) < 4.78 is 36.9. The molecule has 1 spiro atoms. The lowest BCUT2D eigenvalue weighted by Gasteiger charge is -2.33. The van der Waals surface area contributed by atoms with Crippen LogP contribution in [0.5, 0.6) is 0 Å². The van der Waals surface area contributed by atoms with Crippen LogP contribution in [0.15, 0.2) is 23.0 Å². The van der Waals surface area contributed by atoms with E-state index in [2.05, 4.69) is 4.90 Å². The highest BCUT2D eigenvalue weighted by Crippen LogP contribution is 2.34. The summed E-state index contributed by atoms with van der Waals surface area (Å²) in [5.41, 5.74) is 0.974. The molecule has 0 aromatic carbocycles. The van der Waals surface area contributed by atoms with Crippen LogP contribution >= 0.6 is 0 Å². The Labute approximate surface area is 165 Å². The minimum atomic E-state index is -5.08. The average molecular weight is 419 g/mol. The van der Waals surface area contributed by atoms with Crippen molar-refractivity contribution in [1.29, 1.82) is 0 Å². The van der Waals surface area contributed by atoms with Crippen LogP contribution in [0.3, 0.4) is 0 Å². The molecule has 0 saturated carbocycles. The van der Waals surface area contributed by atoms with Gasteiger partial charge in [-0.25, -0.2) is 4.79 Å². The normalized spacial score (nSPS) is 23.0. The van der Waals surface area contributed by atoms with Crippen molar-refractivity contribution in [3.63, 3.8) is 0 Å². The monoisotopic (exact) mass is 419 g/mol. The summed E-state index contributed by atoms with van der Waals surface area (Å²) in [4.78, 5) is 38.8. The van der Waals surface area contributed by atoms with Gasteiger partial charge in [-0.2, -0.15) is 13.2 Å². The maximum Gasteiger partial charge on any atom is 0.490 e. The molecule has 2 aliphatic heterocycles. The molecule has 2 saturated heterocycles. The number of nitrogens with zero attached hydrogens (tertiary/aromatic N) is 3. The van der Waals surface area contributed by atoms with Crippen molar-refractivity contribution >= 4 is 17.8 Å². The number of halogens is 3. The quantitative estimate of drug-likeness (QED) is 0.780.